The molecular weight excluding hydrogens is 258 g/mol. The van der Waals surface area contributed by atoms with Crippen LogP contribution in [0.25, 0.3) is 5.65 Å². The summed E-state index contributed by atoms with van der Waals surface area (Å²) in [6.07, 6.45) is 4.94. The van der Waals surface area contributed by atoms with E-state index in [0.717, 1.165) is 0 Å². The molecule has 7 heteroatoms. The van der Waals surface area contributed by atoms with E-state index in [2.05, 4.69) is 11.2 Å². The van der Waals surface area contributed by atoms with Crippen molar-refractivity contribution in [1.82, 2.24) is 14.2 Å². The largest absolute Gasteiger partial charge is 0.326 e. The number of hydrogen-bond acceptors (Lipinski definition) is 4. The van der Waals surface area contributed by atoms with Gasteiger partial charge in [0.1, 0.15) is 11.6 Å². The number of imidazole rings is 1. The van der Waals surface area contributed by atoms with E-state index in [0.29, 0.717) is 23.3 Å². The second-order valence-electron chi connectivity index (χ2n) is 4.25. The highest BCUT2D eigenvalue weighted by Crippen LogP contribution is 2.20. The molecule has 0 aliphatic carbocycles. The van der Waals surface area contributed by atoms with Gasteiger partial charge in [-0.3, -0.25) is 10.1 Å². The lowest BCUT2D eigenvalue weighted by Crippen LogP contribution is -2.02. The molecule has 0 saturated heterocycles. The van der Waals surface area contributed by atoms with Crippen molar-refractivity contribution in [1.29, 1.82) is 5.26 Å². The predicted molar refractivity (Wildman–Crippen MR) is 70.1 cm³/mol. The Hall–Kier alpha value is -3.14. The minimum atomic E-state index is -0.405. The monoisotopic (exact) mass is 267 g/mol. The van der Waals surface area contributed by atoms with Crippen LogP contribution in [0, 0.1) is 21.4 Å². The summed E-state index contributed by atoms with van der Waals surface area (Å²) in [6, 6.07) is 8.62. The maximum absolute atomic E-state index is 11.0. The Bertz CT molecular complexity index is 840. The predicted octanol–water partition coefficient (Wildman–Crippen LogP) is 1.96. The van der Waals surface area contributed by atoms with E-state index < -0.39 is 4.92 Å². The van der Waals surface area contributed by atoms with Crippen LogP contribution in [0.3, 0.4) is 0 Å². The maximum Gasteiger partial charge on any atom is 0.274 e. The molecule has 0 amide bonds. The van der Waals surface area contributed by atoms with E-state index in [4.69, 9.17) is 5.26 Å². The van der Waals surface area contributed by atoms with Crippen LogP contribution >= 0.6 is 0 Å². The van der Waals surface area contributed by atoms with Crippen LogP contribution in [0.4, 0.5) is 5.69 Å². The maximum atomic E-state index is 11.0. The first-order chi connectivity index (χ1) is 9.70. The highest BCUT2D eigenvalue weighted by Gasteiger charge is 2.15. The van der Waals surface area contributed by atoms with E-state index in [9.17, 15) is 10.1 Å². The summed E-state index contributed by atoms with van der Waals surface area (Å²) in [7, 11) is 0. The van der Waals surface area contributed by atoms with Crippen LogP contribution in [-0.4, -0.2) is 19.1 Å². The molecule has 0 bridgehead atoms. The number of aromatic nitrogens is 3. The third-order valence-electron chi connectivity index (χ3n) is 3.08. The molecule has 7 nitrogen and oxygen atoms in total. The molecule has 0 atom stereocenters. The van der Waals surface area contributed by atoms with E-state index in [-0.39, 0.29) is 5.69 Å². The Labute approximate surface area is 113 Å². The molecular formula is C13H9N5O2. The van der Waals surface area contributed by atoms with Gasteiger partial charge in [-0.25, -0.2) is 4.52 Å². The summed E-state index contributed by atoms with van der Waals surface area (Å²) in [6.45, 7) is 0.314. The smallest absolute Gasteiger partial charge is 0.274 e. The average molecular weight is 267 g/mol. The molecule has 20 heavy (non-hydrogen) atoms. The zero-order valence-corrected chi connectivity index (χ0v) is 10.3. The Kier molecular flexibility index (Phi) is 2.69. The van der Waals surface area contributed by atoms with Gasteiger partial charge in [-0.2, -0.15) is 10.4 Å². The van der Waals surface area contributed by atoms with Crippen molar-refractivity contribution in [3.05, 3.63) is 64.1 Å². The zero-order chi connectivity index (χ0) is 14.1. The summed E-state index contributed by atoms with van der Waals surface area (Å²) < 4.78 is 3.35. The Morgan fingerprint density at radius 3 is 2.90 bits per heavy atom. The summed E-state index contributed by atoms with van der Waals surface area (Å²) in [5, 5.41) is 24.1. The van der Waals surface area contributed by atoms with Crippen LogP contribution in [0.5, 0.6) is 0 Å². The van der Waals surface area contributed by atoms with Crippen molar-refractivity contribution in [2.75, 3.05) is 0 Å². The van der Waals surface area contributed by atoms with Crippen LogP contribution in [0.1, 0.15) is 11.1 Å². The van der Waals surface area contributed by atoms with Gasteiger partial charge in [0, 0.05) is 24.0 Å². The number of nitro groups is 1. The minimum Gasteiger partial charge on any atom is -0.326 e. The number of nitriles is 1. The van der Waals surface area contributed by atoms with Crippen LogP contribution in [0.15, 0.2) is 42.9 Å². The third kappa shape index (κ3) is 1.80. The molecule has 0 unspecified atom stereocenters. The van der Waals surface area contributed by atoms with Gasteiger partial charge in [0.2, 0.25) is 0 Å². The number of fused-ring (bicyclic) bond motifs is 1. The number of para-hydroxylation sites is 1. The van der Waals surface area contributed by atoms with Gasteiger partial charge in [0.15, 0.2) is 5.65 Å². The fraction of sp³-hybridized carbons (Fsp3) is 0.0769. The molecule has 0 radical (unpaired) electrons. The van der Waals surface area contributed by atoms with Crippen molar-refractivity contribution in [3.8, 4) is 6.07 Å². The van der Waals surface area contributed by atoms with Gasteiger partial charge in [-0.05, 0) is 0 Å². The van der Waals surface area contributed by atoms with E-state index in [1.165, 1.54) is 12.3 Å². The van der Waals surface area contributed by atoms with E-state index in [1.807, 2.05) is 0 Å². The summed E-state index contributed by atoms with van der Waals surface area (Å²) in [5.74, 6) is 0. The molecule has 0 N–H and O–H groups in total. The molecule has 3 aromatic rings. The van der Waals surface area contributed by atoms with Crippen molar-refractivity contribution in [2.24, 2.45) is 0 Å². The number of nitro benzene ring substituents is 1. The topological polar surface area (TPSA) is 89.2 Å². The van der Waals surface area contributed by atoms with Crippen LogP contribution in [0.2, 0.25) is 0 Å². The molecule has 0 fully saturated rings. The quantitative estimate of drug-likeness (QED) is 0.536. The van der Waals surface area contributed by atoms with Gasteiger partial charge >= 0.3 is 0 Å². The summed E-state index contributed by atoms with van der Waals surface area (Å²) in [5.41, 5.74) is 1.72. The van der Waals surface area contributed by atoms with Gasteiger partial charge in [0.05, 0.1) is 17.7 Å². The van der Waals surface area contributed by atoms with Gasteiger partial charge in [0.25, 0.3) is 5.69 Å². The summed E-state index contributed by atoms with van der Waals surface area (Å²) >= 11 is 0. The Balaban J connectivity index is 2.08. The fourth-order valence-electron chi connectivity index (χ4n) is 2.18. The number of hydrogen-bond donors (Lipinski definition) is 0. The number of rotatable bonds is 3. The van der Waals surface area contributed by atoms with Crippen molar-refractivity contribution < 1.29 is 4.92 Å². The lowest BCUT2D eigenvalue weighted by Gasteiger charge is -2.05. The van der Waals surface area contributed by atoms with Gasteiger partial charge in [-0.15, -0.1) is 0 Å². The first kappa shape index (κ1) is 11.9. The Morgan fingerprint density at radius 2 is 2.15 bits per heavy atom. The minimum absolute atomic E-state index is 0.0670. The molecule has 0 saturated carbocycles. The molecule has 0 aliphatic heterocycles. The fourth-order valence-corrected chi connectivity index (χ4v) is 2.18. The first-order valence-electron chi connectivity index (χ1n) is 5.85. The summed E-state index contributed by atoms with van der Waals surface area (Å²) in [4.78, 5) is 10.6. The lowest BCUT2D eigenvalue weighted by molar-refractivity contribution is -0.385. The lowest BCUT2D eigenvalue weighted by atomic mass is 10.2. The molecule has 2 aromatic heterocycles. The second-order valence-corrected chi connectivity index (χ2v) is 4.25. The van der Waals surface area contributed by atoms with Crippen LogP contribution in [-0.2, 0) is 6.54 Å². The highest BCUT2D eigenvalue weighted by atomic mass is 16.6. The average Bonchev–Trinajstić information content (AvgIpc) is 3.02. The zero-order valence-electron chi connectivity index (χ0n) is 10.3. The molecule has 1 aromatic carbocycles. The SMILES string of the molecule is N#Cc1cnn2ccn(Cc3ccccc3[N+](=O)[O-])c12. The van der Waals surface area contributed by atoms with Crippen molar-refractivity contribution >= 4 is 11.3 Å². The normalized spacial score (nSPS) is 10.6. The molecule has 98 valence electrons. The third-order valence-corrected chi connectivity index (χ3v) is 3.08. The standard InChI is InChI=1S/C13H9N5O2/c14-7-11-8-15-17-6-5-16(13(11)17)9-10-3-1-2-4-12(10)18(19)20/h1-6,8H,9H2. The Morgan fingerprint density at radius 1 is 1.35 bits per heavy atom. The van der Waals surface area contributed by atoms with Crippen molar-refractivity contribution in [2.45, 2.75) is 6.54 Å². The molecule has 0 spiro atoms. The molecule has 2 heterocycles. The van der Waals surface area contributed by atoms with Gasteiger partial charge < -0.3 is 4.57 Å². The van der Waals surface area contributed by atoms with E-state index in [1.54, 1.807) is 39.7 Å². The van der Waals surface area contributed by atoms with Gasteiger partial charge in [-0.1, -0.05) is 18.2 Å². The van der Waals surface area contributed by atoms with E-state index >= 15 is 0 Å². The second kappa shape index (κ2) is 4.51. The highest BCUT2D eigenvalue weighted by molar-refractivity contribution is 5.55. The first-order valence-corrected chi connectivity index (χ1v) is 5.85. The number of nitrogens with zero attached hydrogens (tertiary/aromatic N) is 5. The molecule has 3 rings (SSSR count). The van der Waals surface area contributed by atoms with Crippen LogP contribution < -0.4 is 0 Å². The number of benzene rings is 1. The van der Waals surface area contributed by atoms with Crippen molar-refractivity contribution in [3.63, 3.8) is 0 Å². The molecule has 0 aliphatic rings.